The Balaban J connectivity index is 1.40. The Hall–Kier alpha value is -2.24. The quantitative estimate of drug-likeness (QED) is 0.705. The molecule has 1 unspecified atom stereocenters. The Labute approximate surface area is 172 Å². The number of carboxylic acids is 1. The van der Waals surface area contributed by atoms with Crippen LogP contribution in [0.15, 0.2) is 48.5 Å². The zero-order valence-corrected chi connectivity index (χ0v) is 16.5. The number of hydrogen-bond acceptors (Lipinski definition) is 3. The molecular weight excluding hydrogens is 401 g/mol. The van der Waals surface area contributed by atoms with Crippen molar-refractivity contribution in [2.45, 2.75) is 37.3 Å². The number of nitrogens with one attached hydrogen (secondary N) is 1. The normalized spacial score (nSPS) is 25.8. The van der Waals surface area contributed by atoms with Crippen molar-refractivity contribution in [3.05, 3.63) is 69.7 Å². The molecule has 2 bridgehead atoms. The van der Waals surface area contributed by atoms with Gasteiger partial charge in [-0.1, -0.05) is 65.7 Å². The predicted octanol–water partition coefficient (Wildman–Crippen LogP) is 4.79. The van der Waals surface area contributed by atoms with Crippen LogP contribution in [0.2, 0.25) is 10.0 Å². The number of benzene rings is 2. The van der Waals surface area contributed by atoms with Crippen LogP contribution in [0.1, 0.15) is 30.4 Å². The molecule has 146 valence electrons. The molecule has 0 spiro atoms. The van der Waals surface area contributed by atoms with E-state index in [1.165, 1.54) is 0 Å². The summed E-state index contributed by atoms with van der Waals surface area (Å²) in [6, 6.07) is 13.8. The van der Waals surface area contributed by atoms with Crippen LogP contribution < -0.4 is 5.32 Å². The summed E-state index contributed by atoms with van der Waals surface area (Å²) < 4.78 is 5.18. The molecule has 3 saturated carbocycles. The van der Waals surface area contributed by atoms with Gasteiger partial charge in [-0.3, -0.25) is 0 Å². The number of carbonyl (C=O) groups is 2. The highest BCUT2D eigenvalue weighted by Gasteiger charge is 2.73. The summed E-state index contributed by atoms with van der Waals surface area (Å²) in [5.41, 5.74) is 1.18. The van der Waals surface area contributed by atoms with Crippen molar-refractivity contribution in [3.63, 3.8) is 0 Å². The highest BCUT2D eigenvalue weighted by Crippen LogP contribution is 2.75. The van der Waals surface area contributed by atoms with Gasteiger partial charge < -0.3 is 15.2 Å². The van der Waals surface area contributed by atoms with E-state index in [2.05, 4.69) is 5.32 Å². The van der Waals surface area contributed by atoms with E-state index in [4.69, 9.17) is 27.9 Å². The largest absolute Gasteiger partial charge is 0.480 e. The first-order valence-corrected chi connectivity index (χ1v) is 9.75. The van der Waals surface area contributed by atoms with E-state index < -0.39 is 23.5 Å². The fourth-order valence-electron chi connectivity index (χ4n) is 4.73. The summed E-state index contributed by atoms with van der Waals surface area (Å²) in [4.78, 5) is 24.0. The number of alkyl carbamates (subject to hydrolysis) is 1. The second kappa shape index (κ2) is 6.98. The van der Waals surface area contributed by atoms with Gasteiger partial charge in [-0.15, -0.1) is 0 Å². The minimum Gasteiger partial charge on any atom is -0.480 e. The lowest BCUT2D eigenvalue weighted by molar-refractivity contribution is -0.183. The first kappa shape index (κ1) is 19.1. The molecule has 3 aliphatic carbocycles. The minimum atomic E-state index is -1.05. The third kappa shape index (κ3) is 3.12. The molecule has 0 radical (unpaired) electrons. The smallest absolute Gasteiger partial charge is 0.408 e. The highest BCUT2D eigenvalue weighted by atomic mass is 35.5. The third-order valence-corrected chi connectivity index (χ3v) is 6.75. The zero-order chi connectivity index (χ0) is 19.9. The lowest BCUT2D eigenvalue weighted by Gasteiger charge is -2.72. The molecule has 5 nitrogen and oxygen atoms in total. The average molecular weight is 420 g/mol. The highest BCUT2D eigenvalue weighted by molar-refractivity contribution is 6.42. The molecule has 0 saturated heterocycles. The van der Waals surface area contributed by atoms with E-state index in [1.54, 1.807) is 6.07 Å². The Bertz CT molecular complexity index is 911. The van der Waals surface area contributed by atoms with Gasteiger partial charge in [0.25, 0.3) is 0 Å². The molecule has 3 aliphatic rings. The van der Waals surface area contributed by atoms with Gasteiger partial charge in [0.05, 0.1) is 10.0 Å². The minimum absolute atomic E-state index is 0.0913. The zero-order valence-electron chi connectivity index (χ0n) is 15.0. The van der Waals surface area contributed by atoms with E-state index >= 15 is 0 Å². The van der Waals surface area contributed by atoms with Crippen LogP contribution in [0.25, 0.3) is 0 Å². The lowest BCUT2D eigenvalue weighted by atomic mass is 9.31. The maximum absolute atomic E-state index is 12.1. The van der Waals surface area contributed by atoms with E-state index in [0.29, 0.717) is 29.3 Å². The molecule has 28 heavy (non-hydrogen) atoms. The van der Waals surface area contributed by atoms with E-state index in [0.717, 1.165) is 11.1 Å². The van der Waals surface area contributed by atoms with Crippen molar-refractivity contribution in [1.82, 2.24) is 5.32 Å². The van der Waals surface area contributed by atoms with Gasteiger partial charge in [0.2, 0.25) is 0 Å². The summed E-state index contributed by atoms with van der Waals surface area (Å²) in [7, 11) is 0. The second-order valence-corrected chi connectivity index (χ2v) is 8.54. The van der Waals surface area contributed by atoms with Gasteiger partial charge in [0.15, 0.2) is 0 Å². The molecular formula is C21H19Cl2NO4. The van der Waals surface area contributed by atoms with Crippen LogP contribution in [0.4, 0.5) is 4.79 Å². The van der Waals surface area contributed by atoms with E-state index in [9.17, 15) is 14.7 Å². The Morgan fingerprint density at radius 2 is 1.75 bits per heavy atom. The number of halogens is 2. The topological polar surface area (TPSA) is 75.6 Å². The summed E-state index contributed by atoms with van der Waals surface area (Å²) in [6.45, 7) is 0.0913. The maximum Gasteiger partial charge on any atom is 0.408 e. The molecule has 1 atom stereocenters. The van der Waals surface area contributed by atoms with Gasteiger partial charge in [-0.25, -0.2) is 9.59 Å². The maximum atomic E-state index is 12.1. The van der Waals surface area contributed by atoms with Gasteiger partial charge in [-0.05, 0) is 41.9 Å². The van der Waals surface area contributed by atoms with Crippen molar-refractivity contribution in [2.75, 3.05) is 0 Å². The fourth-order valence-corrected chi connectivity index (χ4v) is 5.23. The first-order valence-electron chi connectivity index (χ1n) is 9.00. The van der Waals surface area contributed by atoms with Crippen molar-refractivity contribution >= 4 is 35.3 Å². The van der Waals surface area contributed by atoms with Crippen molar-refractivity contribution < 1.29 is 19.4 Å². The molecule has 3 fully saturated rings. The van der Waals surface area contributed by atoms with Crippen LogP contribution in [-0.4, -0.2) is 23.2 Å². The van der Waals surface area contributed by atoms with Gasteiger partial charge in [0.1, 0.15) is 12.6 Å². The molecule has 2 N–H and O–H groups in total. The lowest BCUT2D eigenvalue weighted by Crippen LogP contribution is -2.73. The first-order chi connectivity index (χ1) is 13.4. The van der Waals surface area contributed by atoms with E-state index in [-0.39, 0.29) is 12.0 Å². The second-order valence-electron chi connectivity index (χ2n) is 7.75. The molecule has 2 aromatic carbocycles. The third-order valence-electron chi connectivity index (χ3n) is 5.93. The Morgan fingerprint density at radius 1 is 1.07 bits per heavy atom. The number of aliphatic carboxylic acids is 1. The van der Waals surface area contributed by atoms with Crippen molar-refractivity contribution in [1.29, 1.82) is 0 Å². The number of ether oxygens (including phenoxy) is 1. The monoisotopic (exact) mass is 419 g/mol. The molecule has 5 rings (SSSR count). The summed E-state index contributed by atoms with van der Waals surface area (Å²) >= 11 is 12.5. The number of rotatable bonds is 6. The molecule has 0 aromatic heterocycles. The van der Waals surface area contributed by atoms with Crippen LogP contribution in [-0.2, 0) is 21.6 Å². The van der Waals surface area contributed by atoms with Crippen LogP contribution in [0, 0.1) is 5.41 Å². The standard InChI is InChI=1S/C21H19Cl2NO4/c22-15-8-4-7-14(16(15)23)20-10-21(11-20,12-20)17(18(25)26)24-19(27)28-9-13-5-2-1-3-6-13/h1-8,17H,9-12H2,(H,24,27)(H,25,26). The van der Waals surface area contributed by atoms with Crippen LogP contribution in [0.5, 0.6) is 0 Å². The number of hydrogen-bond donors (Lipinski definition) is 2. The molecule has 2 aromatic rings. The van der Waals surface area contributed by atoms with Crippen LogP contribution >= 0.6 is 23.2 Å². The summed E-state index contributed by atoms with van der Waals surface area (Å²) in [6.07, 6.45) is 1.22. The van der Waals surface area contributed by atoms with Gasteiger partial charge in [0, 0.05) is 5.41 Å². The van der Waals surface area contributed by atoms with Crippen LogP contribution in [0.3, 0.4) is 0 Å². The fraction of sp³-hybridized carbons (Fsp3) is 0.333. The summed E-state index contributed by atoms with van der Waals surface area (Å²) in [5.74, 6) is -1.05. The average Bonchev–Trinajstić information content (AvgIpc) is 2.61. The number of amides is 1. The number of carboxylic acid groups (broad SMARTS) is 1. The molecule has 0 aliphatic heterocycles. The molecule has 0 heterocycles. The Kier molecular flexibility index (Phi) is 4.76. The Morgan fingerprint density at radius 3 is 2.39 bits per heavy atom. The number of carbonyl (C=O) groups excluding carboxylic acids is 1. The molecule has 1 amide bonds. The molecule has 7 heteroatoms. The predicted molar refractivity (Wildman–Crippen MR) is 106 cm³/mol. The van der Waals surface area contributed by atoms with Gasteiger partial charge >= 0.3 is 12.1 Å². The van der Waals surface area contributed by atoms with Crippen molar-refractivity contribution in [2.24, 2.45) is 5.41 Å². The summed E-state index contributed by atoms with van der Waals surface area (Å²) in [5, 5.41) is 13.2. The van der Waals surface area contributed by atoms with Crippen molar-refractivity contribution in [3.8, 4) is 0 Å². The SMILES string of the molecule is O=C(NC(C(=O)O)C12CC(c3cccc(Cl)c3Cl)(C1)C2)OCc1ccccc1. The van der Waals surface area contributed by atoms with E-state index in [1.807, 2.05) is 42.5 Å². The van der Waals surface area contributed by atoms with Gasteiger partial charge in [-0.2, -0.15) is 0 Å².